The summed E-state index contributed by atoms with van der Waals surface area (Å²) in [4.78, 5) is 4.74. The molecule has 0 saturated carbocycles. The quantitative estimate of drug-likeness (QED) is 0.621. The third-order valence-electron chi connectivity index (χ3n) is 4.43. The summed E-state index contributed by atoms with van der Waals surface area (Å²) < 4.78 is 0. The molecule has 3 aromatic rings. The van der Waals surface area contributed by atoms with Gasteiger partial charge in [0.05, 0.1) is 12.4 Å². The van der Waals surface area contributed by atoms with Gasteiger partial charge in [-0.15, -0.1) is 0 Å². The van der Waals surface area contributed by atoms with Gasteiger partial charge in [0.15, 0.2) is 0 Å². The lowest BCUT2D eigenvalue weighted by Gasteiger charge is -2.37. The van der Waals surface area contributed by atoms with Crippen molar-refractivity contribution in [1.29, 1.82) is 0 Å². The lowest BCUT2D eigenvalue weighted by atomic mass is 10.0. The average Bonchev–Trinajstić information content (AvgIpc) is 2.50. The molecule has 1 aliphatic rings. The number of benzene rings is 3. The van der Waals surface area contributed by atoms with Crippen LogP contribution in [-0.4, -0.2) is 13.7 Å². The topological polar surface area (TPSA) is 6.48 Å². The maximum absolute atomic E-state index is 2.41. The van der Waals surface area contributed by atoms with Gasteiger partial charge in [-0.3, -0.25) is 0 Å². The van der Waals surface area contributed by atoms with Gasteiger partial charge in [0, 0.05) is 23.8 Å². The number of aryl methyl sites for hydroxylation is 2. The molecule has 0 bridgehead atoms. The van der Waals surface area contributed by atoms with Crippen molar-refractivity contribution in [1.82, 2.24) is 0 Å². The van der Waals surface area contributed by atoms with Crippen molar-refractivity contribution in [2.45, 2.75) is 13.8 Å². The largest absolute Gasteiger partial charge is 0.356 e. The molecule has 0 fully saturated rings. The Morgan fingerprint density at radius 1 is 0.818 bits per heavy atom. The number of rotatable bonds is 1. The molecule has 0 atom stereocenters. The Hall–Kier alpha value is -2.48. The summed E-state index contributed by atoms with van der Waals surface area (Å²) in [7, 11) is 2.17. The van der Waals surface area contributed by atoms with E-state index in [0.29, 0.717) is 0 Å². The number of anilines is 3. The van der Waals surface area contributed by atoms with Crippen LogP contribution in [-0.2, 0) is 0 Å². The minimum absolute atomic E-state index is 0.874. The van der Waals surface area contributed by atoms with Crippen LogP contribution >= 0.6 is 0 Å². The first-order chi connectivity index (χ1) is 10.6. The summed E-state index contributed by atoms with van der Waals surface area (Å²) in [6.07, 6.45) is 0. The van der Waals surface area contributed by atoms with Gasteiger partial charge in [-0.2, -0.15) is 0 Å². The molecule has 0 amide bonds. The highest BCUT2D eigenvalue weighted by Crippen LogP contribution is 2.41. The molecule has 22 heavy (non-hydrogen) atoms. The van der Waals surface area contributed by atoms with Crippen LogP contribution in [0.4, 0.5) is 17.1 Å². The summed E-state index contributed by atoms with van der Waals surface area (Å²) in [5.74, 6) is 0. The molecule has 0 aromatic heterocycles. The van der Waals surface area contributed by atoms with Crippen LogP contribution in [0.5, 0.6) is 0 Å². The third kappa shape index (κ3) is 1.95. The van der Waals surface area contributed by atoms with Crippen molar-refractivity contribution in [3.8, 4) is 0 Å². The first-order valence-corrected chi connectivity index (χ1v) is 7.72. The van der Waals surface area contributed by atoms with Crippen molar-refractivity contribution in [2.24, 2.45) is 0 Å². The molecule has 2 heteroatoms. The average molecular weight is 288 g/mol. The molecule has 0 radical (unpaired) electrons. The van der Waals surface area contributed by atoms with Crippen LogP contribution in [0, 0.1) is 13.8 Å². The van der Waals surface area contributed by atoms with E-state index >= 15 is 0 Å². The zero-order valence-corrected chi connectivity index (χ0v) is 13.3. The second kappa shape index (κ2) is 4.77. The Morgan fingerprint density at radius 2 is 1.45 bits per heavy atom. The Morgan fingerprint density at radius 3 is 2.14 bits per heavy atom. The van der Waals surface area contributed by atoms with Crippen molar-refractivity contribution < 1.29 is 0 Å². The summed E-state index contributed by atoms with van der Waals surface area (Å²) in [6.45, 7) is 5.20. The number of hydrogen-bond acceptors (Lipinski definition) is 2. The Balaban J connectivity index is 1.98. The van der Waals surface area contributed by atoms with Gasteiger partial charge < -0.3 is 9.80 Å². The van der Waals surface area contributed by atoms with E-state index in [2.05, 4.69) is 85.3 Å². The lowest BCUT2D eigenvalue weighted by molar-refractivity contribution is 0.879. The van der Waals surface area contributed by atoms with E-state index in [1.54, 1.807) is 0 Å². The maximum atomic E-state index is 2.41. The van der Waals surface area contributed by atoms with Gasteiger partial charge in [0.1, 0.15) is 0 Å². The molecule has 1 heterocycles. The Kier molecular flexibility index (Phi) is 2.86. The molecule has 110 valence electrons. The molecule has 0 N–H and O–H groups in total. The Labute approximate surface area is 131 Å². The van der Waals surface area contributed by atoms with E-state index in [-0.39, 0.29) is 0 Å². The first-order valence-electron chi connectivity index (χ1n) is 7.72. The van der Waals surface area contributed by atoms with E-state index < -0.39 is 0 Å². The molecule has 2 nitrogen and oxygen atoms in total. The van der Waals surface area contributed by atoms with Crippen molar-refractivity contribution in [2.75, 3.05) is 23.5 Å². The zero-order valence-electron chi connectivity index (χ0n) is 13.3. The van der Waals surface area contributed by atoms with Crippen molar-refractivity contribution in [3.05, 3.63) is 65.7 Å². The maximum Gasteiger partial charge on any atom is 0.0949 e. The van der Waals surface area contributed by atoms with Gasteiger partial charge in [0.2, 0.25) is 0 Å². The highest BCUT2D eigenvalue weighted by atomic mass is 15.3. The van der Waals surface area contributed by atoms with Crippen LogP contribution in [0.25, 0.3) is 10.8 Å². The number of nitrogens with zero attached hydrogens (tertiary/aromatic N) is 2. The SMILES string of the molecule is Cc1cc(C)cc(N2CN(C)c3cccc4cccc2c34)c1. The van der Waals surface area contributed by atoms with E-state index in [1.165, 1.54) is 39.0 Å². The fourth-order valence-electron chi connectivity index (χ4n) is 3.54. The van der Waals surface area contributed by atoms with Crippen molar-refractivity contribution >= 4 is 27.8 Å². The first kappa shape index (κ1) is 13.2. The predicted octanol–water partition coefficient (Wildman–Crippen LogP) is 5.00. The van der Waals surface area contributed by atoms with Crippen molar-refractivity contribution in [3.63, 3.8) is 0 Å². The molecular formula is C20H20N2. The second-order valence-electron chi connectivity index (χ2n) is 6.27. The number of hydrogen-bond donors (Lipinski definition) is 0. The normalized spacial score (nSPS) is 13.8. The monoisotopic (exact) mass is 288 g/mol. The molecule has 0 saturated heterocycles. The summed E-state index contributed by atoms with van der Waals surface area (Å²) >= 11 is 0. The zero-order chi connectivity index (χ0) is 15.3. The molecular weight excluding hydrogens is 268 g/mol. The minimum Gasteiger partial charge on any atom is -0.356 e. The van der Waals surface area contributed by atoms with Gasteiger partial charge in [0.25, 0.3) is 0 Å². The van der Waals surface area contributed by atoms with E-state index in [0.717, 1.165) is 6.67 Å². The molecule has 1 aliphatic heterocycles. The molecule has 0 unspecified atom stereocenters. The van der Waals surface area contributed by atoms with E-state index in [4.69, 9.17) is 0 Å². The Bertz CT molecular complexity index is 841. The highest BCUT2D eigenvalue weighted by Gasteiger charge is 2.23. The standard InChI is InChI=1S/C20H20N2/c1-14-10-15(2)12-17(11-14)22-13-21(3)18-8-4-6-16-7-5-9-19(22)20(16)18/h4-12H,13H2,1-3H3. The van der Waals surface area contributed by atoms with Crippen LogP contribution < -0.4 is 9.80 Å². The van der Waals surface area contributed by atoms with Gasteiger partial charge in [-0.25, -0.2) is 0 Å². The highest BCUT2D eigenvalue weighted by molar-refractivity contribution is 6.06. The van der Waals surface area contributed by atoms with Gasteiger partial charge >= 0.3 is 0 Å². The van der Waals surface area contributed by atoms with Gasteiger partial charge in [-0.1, -0.05) is 30.3 Å². The molecule has 3 aromatic carbocycles. The molecule has 0 spiro atoms. The summed E-state index contributed by atoms with van der Waals surface area (Å²) in [6, 6.07) is 19.9. The summed E-state index contributed by atoms with van der Waals surface area (Å²) in [5.41, 5.74) is 6.50. The van der Waals surface area contributed by atoms with Crippen LogP contribution in [0.2, 0.25) is 0 Å². The fraction of sp³-hybridized carbons (Fsp3) is 0.200. The molecule has 4 rings (SSSR count). The lowest BCUT2D eigenvalue weighted by Crippen LogP contribution is -2.36. The predicted molar refractivity (Wildman–Crippen MR) is 95.3 cm³/mol. The van der Waals surface area contributed by atoms with Crippen LogP contribution in [0.3, 0.4) is 0 Å². The minimum atomic E-state index is 0.874. The molecule has 0 aliphatic carbocycles. The summed E-state index contributed by atoms with van der Waals surface area (Å²) in [5, 5.41) is 2.65. The second-order valence-corrected chi connectivity index (χ2v) is 6.27. The van der Waals surface area contributed by atoms with Crippen LogP contribution in [0.1, 0.15) is 11.1 Å². The van der Waals surface area contributed by atoms with Gasteiger partial charge in [-0.05, 0) is 54.6 Å². The smallest absolute Gasteiger partial charge is 0.0949 e. The van der Waals surface area contributed by atoms with Crippen LogP contribution in [0.15, 0.2) is 54.6 Å². The van der Waals surface area contributed by atoms with E-state index in [9.17, 15) is 0 Å². The van der Waals surface area contributed by atoms with E-state index in [1.807, 2.05) is 0 Å². The third-order valence-corrected chi connectivity index (χ3v) is 4.43. The fourth-order valence-corrected chi connectivity index (χ4v) is 3.54.